The predicted molar refractivity (Wildman–Crippen MR) is 53.6 cm³/mol. The highest BCUT2D eigenvalue weighted by molar-refractivity contribution is 5.39. The molecule has 0 spiro atoms. The van der Waals surface area contributed by atoms with Crippen LogP contribution in [0.25, 0.3) is 0 Å². The molecule has 0 unspecified atom stereocenters. The molecule has 1 aromatic heterocycles. The highest BCUT2D eigenvalue weighted by Gasteiger charge is 2.05. The smallest absolute Gasteiger partial charge is 0.215 e. The Morgan fingerprint density at radius 3 is 2.69 bits per heavy atom. The van der Waals surface area contributed by atoms with Gasteiger partial charge in [-0.05, 0) is 18.9 Å². The van der Waals surface area contributed by atoms with Gasteiger partial charge in [0.2, 0.25) is 5.88 Å². The van der Waals surface area contributed by atoms with Gasteiger partial charge in [0.1, 0.15) is 0 Å². The zero-order valence-electron chi connectivity index (χ0n) is 8.16. The van der Waals surface area contributed by atoms with Crippen LogP contribution in [0, 0.1) is 0 Å². The molecule has 0 aliphatic heterocycles. The van der Waals surface area contributed by atoms with Crippen molar-refractivity contribution in [2.24, 2.45) is 0 Å². The molecule has 13 heavy (non-hydrogen) atoms. The molecule has 0 bridgehead atoms. The van der Waals surface area contributed by atoms with Crippen molar-refractivity contribution in [2.75, 3.05) is 5.73 Å². The first kappa shape index (κ1) is 9.84. The summed E-state index contributed by atoms with van der Waals surface area (Å²) in [4.78, 5) is 4.07. The zero-order chi connectivity index (χ0) is 9.68. The van der Waals surface area contributed by atoms with Crippen LogP contribution in [-0.4, -0.2) is 11.1 Å². The van der Waals surface area contributed by atoms with Crippen LogP contribution >= 0.6 is 0 Å². The number of hydrogen-bond acceptors (Lipinski definition) is 3. The number of aromatic nitrogens is 1. The van der Waals surface area contributed by atoms with Gasteiger partial charge in [-0.2, -0.15) is 0 Å². The molecule has 0 atom stereocenters. The number of nitrogens with zero attached hydrogens (tertiary/aromatic N) is 1. The summed E-state index contributed by atoms with van der Waals surface area (Å²) in [7, 11) is 0. The Bertz CT molecular complexity index is 259. The molecule has 1 heterocycles. The van der Waals surface area contributed by atoms with E-state index in [-0.39, 0.29) is 6.10 Å². The van der Waals surface area contributed by atoms with Crippen molar-refractivity contribution in [2.45, 2.75) is 32.8 Å². The van der Waals surface area contributed by atoms with Crippen molar-refractivity contribution >= 4 is 5.69 Å². The summed E-state index contributed by atoms with van der Waals surface area (Å²) >= 11 is 0. The van der Waals surface area contributed by atoms with Gasteiger partial charge in [-0.25, -0.2) is 4.98 Å². The molecule has 0 fully saturated rings. The molecule has 1 aromatic rings. The quantitative estimate of drug-likeness (QED) is 0.773. The van der Waals surface area contributed by atoms with Gasteiger partial charge in [0.05, 0.1) is 6.10 Å². The minimum atomic E-state index is 0.245. The molecule has 1 rings (SSSR count). The topological polar surface area (TPSA) is 48.1 Å². The third-order valence-electron chi connectivity index (χ3n) is 1.96. The molecule has 0 radical (unpaired) electrons. The fraction of sp³-hybridized carbons (Fsp3) is 0.500. The van der Waals surface area contributed by atoms with Gasteiger partial charge in [0.15, 0.2) is 0 Å². The van der Waals surface area contributed by atoms with Crippen LogP contribution in [0.4, 0.5) is 5.69 Å². The molecule has 0 aliphatic rings. The fourth-order valence-corrected chi connectivity index (χ4v) is 1.12. The Kier molecular flexibility index (Phi) is 3.55. The highest BCUT2D eigenvalue weighted by Crippen LogP contribution is 2.14. The highest BCUT2D eigenvalue weighted by atomic mass is 16.5. The van der Waals surface area contributed by atoms with E-state index in [2.05, 4.69) is 18.8 Å². The molecule has 0 aromatic carbocycles. The van der Waals surface area contributed by atoms with E-state index in [4.69, 9.17) is 10.5 Å². The number of hydrogen-bond donors (Lipinski definition) is 1. The lowest BCUT2D eigenvalue weighted by Gasteiger charge is -2.14. The first-order valence-electron chi connectivity index (χ1n) is 4.64. The van der Waals surface area contributed by atoms with Gasteiger partial charge in [-0.1, -0.05) is 13.8 Å². The van der Waals surface area contributed by atoms with E-state index < -0.39 is 0 Å². The van der Waals surface area contributed by atoms with E-state index >= 15 is 0 Å². The average Bonchev–Trinajstić information content (AvgIpc) is 2.14. The first-order chi connectivity index (χ1) is 6.26. The Labute approximate surface area is 78.9 Å². The van der Waals surface area contributed by atoms with E-state index in [1.807, 2.05) is 0 Å². The van der Waals surface area contributed by atoms with Crippen molar-refractivity contribution < 1.29 is 4.74 Å². The Hall–Kier alpha value is -1.25. The maximum absolute atomic E-state index is 5.60. The lowest BCUT2D eigenvalue weighted by Crippen LogP contribution is -2.14. The number of ether oxygens (including phenoxy) is 1. The van der Waals surface area contributed by atoms with Crippen molar-refractivity contribution in [3.8, 4) is 5.88 Å². The molecule has 3 nitrogen and oxygen atoms in total. The van der Waals surface area contributed by atoms with Crippen LogP contribution in [0.3, 0.4) is 0 Å². The number of pyridine rings is 1. The molecule has 0 saturated heterocycles. The number of rotatable bonds is 4. The van der Waals surface area contributed by atoms with Crippen LogP contribution in [0.1, 0.15) is 26.7 Å². The fourth-order valence-electron chi connectivity index (χ4n) is 1.12. The molecule has 0 aliphatic carbocycles. The van der Waals surface area contributed by atoms with Crippen LogP contribution in [0.5, 0.6) is 5.88 Å². The summed E-state index contributed by atoms with van der Waals surface area (Å²) in [5.74, 6) is 0.619. The van der Waals surface area contributed by atoms with Gasteiger partial charge < -0.3 is 10.5 Å². The minimum Gasteiger partial charge on any atom is -0.474 e. The normalized spacial score (nSPS) is 10.4. The summed E-state index contributed by atoms with van der Waals surface area (Å²) < 4.78 is 5.60. The molecule has 0 amide bonds. The Balaban J connectivity index is 2.62. The molecule has 2 N–H and O–H groups in total. The molecule has 72 valence electrons. The summed E-state index contributed by atoms with van der Waals surface area (Å²) in [6.07, 6.45) is 3.89. The second-order valence-corrected chi connectivity index (χ2v) is 2.98. The maximum atomic E-state index is 5.60. The van der Waals surface area contributed by atoms with Crippen molar-refractivity contribution in [3.63, 3.8) is 0 Å². The molecule has 0 saturated carbocycles. The SMILES string of the molecule is CCC(CC)Oc1cc(N)ccn1. The van der Waals surface area contributed by atoms with Crippen LogP contribution in [-0.2, 0) is 0 Å². The Morgan fingerprint density at radius 1 is 1.46 bits per heavy atom. The van der Waals surface area contributed by atoms with Gasteiger partial charge in [-0.15, -0.1) is 0 Å². The van der Waals surface area contributed by atoms with E-state index in [0.717, 1.165) is 12.8 Å². The van der Waals surface area contributed by atoms with Crippen LogP contribution in [0.2, 0.25) is 0 Å². The van der Waals surface area contributed by atoms with E-state index in [0.29, 0.717) is 11.6 Å². The monoisotopic (exact) mass is 180 g/mol. The van der Waals surface area contributed by atoms with Gasteiger partial charge in [0.25, 0.3) is 0 Å². The number of nitrogens with two attached hydrogens (primary N) is 1. The summed E-state index contributed by atoms with van der Waals surface area (Å²) in [6, 6.07) is 3.50. The minimum absolute atomic E-state index is 0.245. The van der Waals surface area contributed by atoms with Crippen molar-refractivity contribution in [3.05, 3.63) is 18.3 Å². The summed E-state index contributed by atoms with van der Waals surface area (Å²) in [5.41, 5.74) is 6.29. The summed E-state index contributed by atoms with van der Waals surface area (Å²) in [6.45, 7) is 4.20. The zero-order valence-corrected chi connectivity index (χ0v) is 8.16. The first-order valence-corrected chi connectivity index (χ1v) is 4.64. The van der Waals surface area contributed by atoms with Gasteiger partial charge in [0, 0.05) is 18.0 Å². The van der Waals surface area contributed by atoms with Crippen LogP contribution < -0.4 is 10.5 Å². The van der Waals surface area contributed by atoms with E-state index in [9.17, 15) is 0 Å². The van der Waals surface area contributed by atoms with Crippen molar-refractivity contribution in [1.82, 2.24) is 4.98 Å². The average molecular weight is 180 g/mol. The third-order valence-corrected chi connectivity index (χ3v) is 1.96. The lowest BCUT2D eigenvalue weighted by atomic mass is 10.2. The second kappa shape index (κ2) is 4.70. The lowest BCUT2D eigenvalue weighted by molar-refractivity contribution is 0.185. The molecular formula is C10H16N2O. The second-order valence-electron chi connectivity index (χ2n) is 2.98. The number of nitrogen functional groups attached to an aromatic ring is 1. The van der Waals surface area contributed by atoms with E-state index in [1.165, 1.54) is 0 Å². The number of anilines is 1. The van der Waals surface area contributed by atoms with E-state index in [1.54, 1.807) is 18.3 Å². The predicted octanol–water partition coefficient (Wildman–Crippen LogP) is 2.23. The van der Waals surface area contributed by atoms with Gasteiger partial charge >= 0.3 is 0 Å². The van der Waals surface area contributed by atoms with Gasteiger partial charge in [-0.3, -0.25) is 0 Å². The van der Waals surface area contributed by atoms with Crippen molar-refractivity contribution in [1.29, 1.82) is 0 Å². The van der Waals surface area contributed by atoms with Crippen LogP contribution in [0.15, 0.2) is 18.3 Å². The Morgan fingerprint density at radius 2 is 2.15 bits per heavy atom. The maximum Gasteiger partial charge on any atom is 0.215 e. The molecule has 3 heteroatoms. The molecular weight excluding hydrogens is 164 g/mol. The summed E-state index contributed by atoms with van der Waals surface area (Å²) in [5, 5.41) is 0. The largest absolute Gasteiger partial charge is 0.474 e. The third kappa shape index (κ3) is 2.93. The standard InChI is InChI=1S/C10H16N2O/c1-3-9(4-2)13-10-7-8(11)5-6-12-10/h5-7,9H,3-4H2,1-2H3,(H2,11,12).